The van der Waals surface area contributed by atoms with Gasteiger partial charge in [-0.1, -0.05) is 12.1 Å². The Labute approximate surface area is 102 Å². The van der Waals surface area contributed by atoms with Crippen molar-refractivity contribution >= 4 is 11.7 Å². The van der Waals surface area contributed by atoms with Crippen LogP contribution in [0.2, 0.25) is 0 Å². The van der Waals surface area contributed by atoms with Gasteiger partial charge in [0.2, 0.25) is 0 Å². The summed E-state index contributed by atoms with van der Waals surface area (Å²) < 4.78 is 0. The Morgan fingerprint density at radius 1 is 1.47 bits per heavy atom. The van der Waals surface area contributed by atoms with Gasteiger partial charge in [-0.3, -0.25) is 4.79 Å². The lowest BCUT2D eigenvalue weighted by atomic mass is 9.68. The van der Waals surface area contributed by atoms with Gasteiger partial charge in [0.1, 0.15) is 0 Å². The van der Waals surface area contributed by atoms with E-state index in [2.05, 4.69) is 0 Å². The number of nitrogens with two attached hydrogens (primary N) is 1. The number of fused-ring (bicyclic) bond motifs is 1. The number of nitrogen functional groups attached to an aromatic ring is 1. The van der Waals surface area contributed by atoms with Crippen LogP contribution in [0.15, 0.2) is 18.2 Å². The molecule has 3 nitrogen and oxygen atoms in total. The molecule has 1 aliphatic carbocycles. The van der Waals surface area contributed by atoms with Crippen molar-refractivity contribution in [2.24, 2.45) is 5.41 Å². The molecule has 0 amide bonds. The maximum Gasteiger partial charge on any atom is 0.309 e. The van der Waals surface area contributed by atoms with Gasteiger partial charge >= 0.3 is 5.97 Å². The lowest BCUT2D eigenvalue weighted by molar-refractivity contribution is -0.148. The molecule has 1 aliphatic rings. The van der Waals surface area contributed by atoms with Crippen LogP contribution in [0.1, 0.15) is 43.7 Å². The Morgan fingerprint density at radius 2 is 2.18 bits per heavy atom. The first-order chi connectivity index (χ1) is 7.94. The smallest absolute Gasteiger partial charge is 0.309 e. The largest absolute Gasteiger partial charge is 0.481 e. The van der Waals surface area contributed by atoms with Gasteiger partial charge in [0.05, 0.1) is 5.41 Å². The van der Waals surface area contributed by atoms with E-state index in [9.17, 15) is 9.90 Å². The Balaban J connectivity index is 2.49. The van der Waals surface area contributed by atoms with E-state index in [1.165, 1.54) is 0 Å². The van der Waals surface area contributed by atoms with Crippen LogP contribution in [-0.4, -0.2) is 11.1 Å². The maximum atomic E-state index is 11.4. The lowest BCUT2D eigenvalue weighted by Gasteiger charge is -2.35. The number of rotatable bonds is 2. The average Bonchev–Trinajstić information content (AvgIpc) is 2.28. The summed E-state index contributed by atoms with van der Waals surface area (Å²) in [5, 5.41) is 9.36. The van der Waals surface area contributed by atoms with Gasteiger partial charge < -0.3 is 10.8 Å². The van der Waals surface area contributed by atoms with Crippen molar-refractivity contribution in [2.45, 2.75) is 39.0 Å². The van der Waals surface area contributed by atoms with Crippen molar-refractivity contribution in [3.63, 3.8) is 0 Å². The summed E-state index contributed by atoms with van der Waals surface area (Å²) in [4.78, 5) is 11.4. The SMILES string of the molecule is CC(C)(C(=O)O)C1CCCc2c(N)cccc21. The standard InChI is InChI=1S/C14H19NO2/c1-14(2,13(16)17)11-7-3-6-10-9(11)5-4-8-12(10)15/h4-5,8,11H,3,6-7,15H2,1-2H3,(H,16,17). The molecule has 2 rings (SSSR count). The first kappa shape index (κ1) is 12.0. The molecule has 0 saturated carbocycles. The number of hydrogen-bond acceptors (Lipinski definition) is 2. The average molecular weight is 233 g/mol. The molecule has 1 unspecified atom stereocenters. The Hall–Kier alpha value is -1.51. The van der Waals surface area contributed by atoms with E-state index >= 15 is 0 Å². The van der Waals surface area contributed by atoms with Gasteiger partial charge in [-0.25, -0.2) is 0 Å². The highest BCUT2D eigenvalue weighted by Crippen LogP contribution is 2.45. The van der Waals surface area contributed by atoms with Gasteiger partial charge in [-0.2, -0.15) is 0 Å². The monoisotopic (exact) mass is 233 g/mol. The van der Waals surface area contributed by atoms with E-state index in [-0.39, 0.29) is 5.92 Å². The van der Waals surface area contributed by atoms with Crippen LogP contribution in [0.4, 0.5) is 5.69 Å². The minimum atomic E-state index is -0.738. The van der Waals surface area contributed by atoms with Crippen LogP contribution in [0, 0.1) is 5.41 Å². The minimum Gasteiger partial charge on any atom is -0.481 e. The van der Waals surface area contributed by atoms with Crippen LogP contribution in [-0.2, 0) is 11.2 Å². The lowest BCUT2D eigenvalue weighted by Crippen LogP contribution is -2.33. The molecule has 92 valence electrons. The molecule has 0 aliphatic heterocycles. The van der Waals surface area contributed by atoms with E-state index in [4.69, 9.17) is 5.73 Å². The quantitative estimate of drug-likeness (QED) is 0.772. The van der Waals surface area contributed by atoms with E-state index in [1.54, 1.807) is 13.8 Å². The van der Waals surface area contributed by atoms with Gasteiger partial charge in [0, 0.05) is 5.69 Å². The normalized spacial score (nSPS) is 19.8. The molecule has 0 aromatic heterocycles. The molecule has 0 saturated heterocycles. The van der Waals surface area contributed by atoms with Crippen molar-refractivity contribution in [1.82, 2.24) is 0 Å². The van der Waals surface area contributed by atoms with Crippen LogP contribution in [0.3, 0.4) is 0 Å². The van der Waals surface area contributed by atoms with Crippen molar-refractivity contribution in [3.8, 4) is 0 Å². The molecule has 3 heteroatoms. The van der Waals surface area contributed by atoms with Crippen molar-refractivity contribution < 1.29 is 9.90 Å². The molecule has 1 atom stereocenters. The van der Waals surface area contributed by atoms with Gasteiger partial charge in [-0.05, 0) is 56.2 Å². The third-order valence-corrected chi connectivity index (χ3v) is 3.97. The molecule has 0 bridgehead atoms. The molecular weight excluding hydrogens is 214 g/mol. The molecule has 1 aromatic rings. The molecule has 17 heavy (non-hydrogen) atoms. The summed E-state index contributed by atoms with van der Waals surface area (Å²) in [5.41, 5.74) is 8.32. The second-order valence-corrected chi connectivity index (χ2v) is 5.39. The van der Waals surface area contributed by atoms with Crippen molar-refractivity contribution in [3.05, 3.63) is 29.3 Å². The fourth-order valence-electron chi connectivity index (χ4n) is 2.78. The fraction of sp³-hybridized carbons (Fsp3) is 0.500. The molecule has 0 spiro atoms. The zero-order valence-electron chi connectivity index (χ0n) is 10.4. The van der Waals surface area contributed by atoms with Gasteiger partial charge in [0.15, 0.2) is 0 Å². The second kappa shape index (κ2) is 4.06. The zero-order chi connectivity index (χ0) is 12.6. The number of aliphatic carboxylic acids is 1. The fourth-order valence-corrected chi connectivity index (χ4v) is 2.78. The van der Waals surface area contributed by atoms with Crippen molar-refractivity contribution in [2.75, 3.05) is 5.73 Å². The van der Waals surface area contributed by atoms with Gasteiger partial charge in [-0.15, -0.1) is 0 Å². The molecule has 0 fully saturated rings. The zero-order valence-corrected chi connectivity index (χ0v) is 10.4. The molecule has 1 aromatic carbocycles. The Kier molecular flexibility index (Phi) is 2.86. The molecular formula is C14H19NO2. The predicted octanol–water partition coefficient (Wildman–Crippen LogP) is 2.80. The first-order valence-electron chi connectivity index (χ1n) is 6.05. The number of anilines is 1. The third kappa shape index (κ3) is 1.90. The van der Waals surface area contributed by atoms with Crippen LogP contribution in [0.25, 0.3) is 0 Å². The van der Waals surface area contributed by atoms with Gasteiger partial charge in [0.25, 0.3) is 0 Å². The molecule has 3 N–H and O–H groups in total. The summed E-state index contributed by atoms with van der Waals surface area (Å²) in [6.45, 7) is 3.61. The topological polar surface area (TPSA) is 63.3 Å². The van der Waals surface area contributed by atoms with E-state index in [1.807, 2.05) is 18.2 Å². The second-order valence-electron chi connectivity index (χ2n) is 5.39. The van der Waals surface area contributed by atoms with E-state index in [0.717, 1.165) is 36.1 Å². The van der Waals surface area contributed by atoms with Crippen LogP contribution >= 0.6 is 0 Å². The first-order valence-corrected chi connectivity index (χ1v) is 6.05. The number of carboxylic acid groups (broad SMARTS) is 1. The van der Waals surface area contributed by atoms with Crippen LogP contribution < -0.4 is 5.73 Å². The highest BCUT2D eigenvalue weighted by molar-refractivity contribution is 5.75. The molecule has 0 heterocycles. The minimum absolute atomic E-state index is 0.0623. The van der Waals surface area contributed by atoms with Crippen LogP contribution in [0.5, 0.6) is 0 Å². The summed E-state index contributed by atoms with van der Waals surface area (Å²) in [5.74, 6) is -0.676. The summed E-state index contributed by atoms with van der Waals surface area (Å²) >= 11 is 0. The van der Waals surface area contributed by atoms with E-state index in [0.29, 0.717) is 0 Å². The highest BCUT2D eigenvalue weighted by atomic mass is 16.4. The maximum absolute atomic E-state index is 11.4. The Morgan fingerprint density at radius 3 is 2.82 bits per heavy atom. The number of carbonyl (C=O) groups is 1. The summed E-state index contributed by atoms with van der Waals surface area (Å²) in [6, 6.07) is 5.85. The summed E-state index contributed by atoms with van der Waals surface area (Å²) in [6.07, 6.45) is 2.91. The summed E-state index contributed by atoms with van der Waals surface area (Å²) in [7, 11) is 0. The Bertz CT molecular complexity index is 452. The van der Waals surface area contributed by atoms with Crippen molar-refractivity contribution in [1.29, 1.82) is 0 Å². The van der Waals surface area contributed by atoms with E-state index < -0.39 is 11.4 Å². The molecule has 0 radical (unpaired) electrons. The highest BCUT2D eigenvalue weighted by Gasteiger charge is 2.40. The predicted molar refractivity (Wildman–Crippen MR) is 68.0 cm³/mol. The number of carboxylic acids is 1. The third-order valence-electron chi connectivity index (χ3n) is 3.97. The number of hydrogen-bond donors (Lipinski definition) is 2. The number of benzene rings is 1.